The summed E-state index contributed by atoms with van der Waals surface area (Å²) in [6, 6.07) is 7.26. The van der Waals surface area contributed by atoms with Gasteiger partial charge in [0, 0.05) is 7.05 Å². The third kappa shape index (κ3) is 2.56. The van der Waals surface area contributed by atoms with Crippen molar-refractivity contribution in [2.75, 3.05) is 11.4 Å². The highest BCUT2D eigenvalue weighted by molar-refractivity contribution is 7.93. The molecule has 0 N–H and O–H groups in total. The van der Waals surface area contributed by atoms with E-state index in [2.05, 4.69) is 0 Å². The predicted molar refractivity (Wildman–Crippen MR) is 63.4 cm³/mol. The number of halogens is 1. The highest BCUT2D eigenvalue weighted by Crippen LogP contribution is 2.22. The average Bonchev–Trinajstić information content (AvgIpc) is 2.30. The molecule has 0 heterocycles. The first-order chi connectivity index (χ1) is 7.95. The molecular formula is C11H13FN2O2S. The molecule has 4 nitrogen and oxygen atoms in total. The van der Waals surface area contributed by atoms with Crippen LogP contribution in [0.15, 0.2) is 24.3 Å². The van der Waals surface area contributed by atoms with Gasteiger partial charge in [0.25, 0.3) is 10.0 Å². The van der Waals surface area contributed by atoms with Gasteiger partial charge in [-0.05, 0) is 18.6 Å². The summed E-state index contributed by atoms with van der Waals surface area (Å²) >= 11 is 0. The van der Waals surface area contributed by atoms with Crippen LogP contribution in [-0.4, -0.2) is 20.7 Å². The van der Waals surface area contributed by atoms with E-state index >= 15 is 0 Å². The molecule has 1 atom stereocenters. The quantitative estimate of drug-likeness (QED) is 0.826. The largest absolute Gasteiger partial charge is 0.269 e. The molecule has 0 aliphatic rings. The molecule has 0 bridgehead atoms. The Morgan fingerprint density at radius 1 is 1.47 bits per heavy atom. The lowest BCUT2D eigenvalue weighted by Gasteiger charge is -2.22. The van der Waals surface area contributed by atoms with Crippen molar-refractivity contribution in [1.29, 1.82) is 5.26 Å². The minimum absolute atomic E-state index is 0.0544. The van der Waals surface area contributed by atoms with Crippen molar-refractivity contribution in [1.82, 2.24) is 0 Å². The Morgan fingerprint density at radius 2 is 2.06 bits per heavy atom. The molecule has 0 radical (unpaired) electrons. The predicted octanol–water partition coefficient (Wildman–Crippen LogP) is 1.89. The first kappa shape index (κ1) is 13.5. The van der Waals surface area contributed by atoms with E-state index in [9.17, 15) is 12.8 Å². The Labute approximate surface area is 100 Å². The van der Waals surface area contributed by atoms with Crippen molar-refractivity contribution in [3.8, 4) is 6.07 Å². The standard InChI is InChI=1S/C11H13FN2O2S/c1-3-9(8-13)17(15,16)14(2)11-7-5-4-6-10(11)12/h4-7,9H,3H2,1-2H3. The summed E-state index contributed by atoms with van der Waals surface area (Å²) in [7, 11) is -2.60. The SMILES string of the molecule is CCC(C#N)S(=O)(=O)N(C)c1ccccc1F. The van der Waals surface area contributed by atoms with Crippen LogP contribution < -0.4 is 4.31 Å². The first-order valence-corrected chi connectivity index (χ1v) is 6.57. The van der Waals surface area contributed by atoms with E-state index in [-0.39, 0.29) is 12.1 Å². The van der Waals surface area contributed by atoms with E-state index in [0.717, 1.165) is 4.31 Å². The van der Waals surface area contributed by atoms with Gasteiger partial charge in [-0.25, -0.2) is 12.8 Å². The first-order valence-electron chi connectivity index (χ1n) is 5.07. The minimum atomic E-state index is -3.84. The number of benzene rings is 1. The third-order valence-electron chi connectivity index (χ3n) is 2.45. The van der Waals surface area contributed by atoms with Crippen LogP contribution in [0.4, 0.5) is 10.1 Å². The second-order valence-electron chi connectivity index (χ2n) is 3.49. The summed E-state index contributed by atoms with van der Waals surface area (Å²) in [4.78, 5) is 0. The maximum atomic E-state index is 13.5. The zero-order valence-electron chi connectivity index (χ0n) is 9.59. The topological polar surface area (TPSA) is 61.2 Å². The second kappa shape index (κ2) is 5.15. The van der Waals surface area contributed by atoms with Crippen LogP contribution in [-0.2, 0) is 10.0 Å². The molecule has 17 heavy (non-hydrogen) atoms. The number of nitrogens with zero attached hydrogens (tertiary/aromatic N) is 2. The smallest absolute Gasteiger partial charge is 0.251 e. The van der Waals surface area contributed by atoms with E-state index < -0.39 is 21.1 Å². The Balaban J connectivity index is 3.19. The second-order valence-corrected chi connectivity index (χ2v) is 5.64. The molecule has 1 aromatic rings. The monoisotopic (exact) mass is 256 g/mol. The number of hydrogen-bond acceptors (Lipinski definition) is 3. The van der Waals surface area contributed by atoms with Gasteiger partial charge in [-0.15, -0.1) is 0 Å². The fourth-order valence-corrected chi connectivity index (χ4v) is 2.76. The van der Waals surface area contributed by atoms with Gasteiger partial charge in [-0.3, -0.25) is 4.31 Å². The zero-order chi connectivity index (χ0) is 13.1. The van der Waals surface area contributed by atoms with Gasteiger partial charge in [-0.1, -0.05) is 19.1 Å². The van der Waals surface area contributed by atoms with Crippen molar-refractivity contribution in [2.24, 2.45) is 0 Å². The molecule has 0 spiro atoms. The van der Waals surface area contributed by atoms with Crippen LogP contribution in [0.5, 0.6) is 0 Å². The van der Waals surface area contributed by atoms with Gasteiger partial charge in [0.05, 0.1) is 11.8 Å². The number of anilines is 1. The van der Waals surface area contributed by atoms with Crippen LogP contribution in [0, 0.1) is 17.1 Å². The lowest BCUT2D eigenvalue weighted by molar-refractivity contribution is 0.581. The van der Waals surface area contributed by atoms with Crippen molar-refractivity contribution in [2.45, 2.75) is 18.6 Å². The van der Waals surface area contributed by atoms with Gasteiger partial charge in [0.2, 0.25) is 0 Å². The third-order valence-corrected chi connectivity index (χ3v) is 4.57. The number of sulfonamides is 1. The van der Waals surface area contributed by atoms with Crippen LogP contribution >= 0.6 is 0 Å². The molecular weight excluding hydrogens is 243 g/mol. The maximum absolute atomic E-state index is 13.5. The molecule has 0 saturated carbocycles. The molecule has 0 aliphatic heterocycles. The number of nitriles is 1. The summed E-state index contributed by atoms with van der Waals surface area (Å²) in [5, 5.41) is 7.62. The molecule has 92 valence electrons. The van der Waals surface area contributed by atoms with Crippen molar-refractivity contribution >= 4 is 15.7 Å². The summed E-state index contributed by atoms with van der Waals surface area (Å²) in [5.41, 5.74) is -0.0544. The molecule has 6 heteroatoms. The Bertz CT molecular complexity index is 537. The van der Waals surface area contributed by atoms with Crippen molar-refractivity contribution in [3.05, 3.63) is 30.1 Å². The van der Waals surface area contributed by atoms with Crippen LogP contribution in [0.2, 0.25) is 0 Å². The lowest BCUT2D eigenvalue weighted by Crippen LogP contribution is -2.35. The highest BCUT2D eigenvalue weighted by atomic mass is 32.2. The van der Waals surface area contributed by atoms with E-state index in [1.807, 2.05) is 0 Å². The fourth-order valence-electron chi connectivity index (χ4n) is 1.40. The Kier molecular flexibility index (Phi) is 4.07. The zero-order valence-corrected chi connectivity index (χ0v) is 10.4. The van der Waals surface area contributed by atoms with Gasteiger partial charge in [0.1, 0.15) is 5.82 Å². The molecule has 0 aliphatic carbocycles. The Hall–Kier alpha value is -1.61. The van der Waals surface area contributed by atoms with Crippen molar-refractivity contribution in [3.63, 3.8) is 0 Å². The van der Waals surface area contributed by atoms with Gasteiger partial charge in [0.15, 0.2) is 5.25 Å². The van der Waals surface area contributed by atoms with Crippen LogP contribution in [0.3, 0.4) is 0 Å². The minimum Gasteiger partial charge on any atom is -0.269 e. The lowest BCUT2D eigenvalue weighted by atomic mass is 10.3. The number of hydrogen-bond donors (Lipinski definition) is 0. The normalized spacial score (nSPS) is 12.8. The van der Waals surface area contributed by atoms with Gasteiger partial charge >= 0.3 is 0 Å². The van der Waals surface area contributed by atoms with Crippen LogP contribution in [0.25, 0.3) is 0 Å². The molecule has 0 fully saturated rings. The molecule has 1 rings (SSSR count). The fraction of sp³-hybridized carbons (Fsp3) is 0.364. The summed E-state index contributed by atoms with van der Waals surface area (Å²) in [6.07, 6.45) is 0.164. The summed E-state index contributed by atoms with van der Waals surface area (Å²) < 4.78 is 38.2. The average molecular weight is 256 g/mol. The molecule has 1 unspecified atom stereocenters. The molecule has 0 amide bonds. The maximum Gasteiger partial charge on any atom is 0.251 e. The molecule has 0 saturated heterocycles. The molecule has 0 aromatic heterocycles. The molecule has 1 aromatic carbocycles. The summed E-state index contributed by atoms with van der Waals surface area (Å²) in [6.45, 7) is 1.60. The highest BCUT2D eigenvalue weighted by Gasteiger charge is 2.29. The number of rotatable bonds is 4. The van der Waals surface area contributed by atoms with E-state index in [1.54, 1.807) is 13.0 Å². The summed E-state index contributed by atoms with van der Waals surface area (Å²) in [5.74, 6) is -0.633. The van der Waals surface area contributed by atoms with E-state index in [0.29, 0.717) is 0 Å². The van der Waals surface area contributed by atoms with E-state index in [4.69, 9.17) is 5.26 Å². The van der Waals surface area contributed by atoms with Crippen LogP contribution in [0.1, 0.15) is 13.3 Å². The van der Waals surface area contributed by atoms with Gasteiger partial charge < -0.3 is 0 Å². The number of para-hydroxylation sites is 1. The Morgan fingerprint density at radius 3 is 2.53 bits per heavy atom. The van der Waals surface area contributed by atoms with Gasteiger partial charge in [-0.2, -0.15) is 5.26 Å². The van der Waals surface area contributed by atoms with E-state index in [1.165, 1.54) is 31.3 Å². The van der Waals surface area contributed by atoms with Crippen molar-refractivity contribution < 1.29 is 12.8 Å².